The fourth-order valence-corrected chi connectivity index (χ4v) is 4.02. The second kappa shape index (κ2) is 8.67. The molecule has 28 heavy (non-hydrogen) atoms. The minimum Gasteiger partial charge on any atom is -0.379 e. The van der Waals surface area contributed by atoms with Gasteiger partial charge in [-0.1, -0.05) is 30.3 Å². The van der Waals surface area contributed by atoms with Crippen LogP contribution in [0.1, 0.15) is 44.6 Å². The Hall–Kier alpha value is -2.50. The van der Waals surface area contributed by atoms with Crippen LogP contribution in [0.2, 0.25) is 0 Å². The summed E-state index contributed by atoms with van der Waals surface area (Å²) in [6.07, 6.45) is 3.41. The average molecular weight is 385 g/mol. The third kappa shape index (κ3) is 4.86. The molecule has 1 aromatic rings. The number of ketones is 1. The lowest BCUT2D eigenvalue weighted by molar-refractivity contribution is -0.132. The van der Waals surface area contributed by atoms with Crippen molar-refractivity contribution in [2.24, 2.45) is 0 Å². The molecule has 1 aromatic carbocycles. The van der Waals surface area contributed by atoms with Gasteiger partial charge in [0.2, 0.25) is 5.91 Å². The third-order valence-corrected chi connectivity index (χ3v) is 5.70. The fraction of sp³-hybridized carbons (Fsp3) is 0.500. The zero-order chi connectivity index (χ0) is 20.1. The molecule has 1 aliphatic carbocycles. The van der Waals surface area contributed by atoms with Crippen molar-refractivity contribution < 1.29 is 14.0 Å². The highest BCUT2D eigenvalue weighted by Gasteiger charge is 2.36. The van der Waals surface area contributed by atoms with Crippen molar-refractivity contribution in [3.05, 3.63) is 47.2 Å². The lowest BCUT2D eigenvalue weighted by Crippen LogP contribution is -2.47. The van der Waals surface area contributed by atoms with Crippen LogP contribution in [0.4, 0.5) is 4.39 Å². The molecule has 1 heterocycles. The number of carbonyl (C=O) groups is 2. The summed E-state index contributed by atoms with van der Waals surface area (Å²) in [5.41, 5.74) is 1.32. The molecule has 1 saturated heterocycles. The van der Waals surface area contributed by atoms with E-state index in [0.29, 0.717) is 38.8 Å². The molecule has 2 N–H and O–H groups in total. The SMILES string of the molecule is CC(=O)C(=N)C1=C(NCC(=O)N2CCC(F)(Cc3ccccc3)CC2)CCC1. The number of hydrogen-bond acceptors (Lipinski definition) is 4. The number of piperidine rings is 1. The molecular formula is C22H28FN3O2. The van der Waals surface area contributed by atoms with E-state index in [4.69, 9.17) is 5.41 Å². The predicted octanol–water partition coefficient (Wildman–Crippen LogP) is 3.20. The quantitative estimate of drug-likeness (QED) is 0.708. The van der Waals surface area contributed by atoms with Crippen molar-refractivity contribution in [2.45, 2.75) is 51.1 Å². The summed E-state index contributed by atoms with van der Waals surface area (Å²) in [4.78, 5) is 25.7. The first-order chi connectivity index (χ1) is 13.4. The third-order valence-electron chi connectivity index (χ3n) is 5.70. The number of hydrogen-bond donors (Lipinski definition) is 2. The molecule has 0 spiro atoms. The standard InChI is InChI=1S/C22H28FN3O2/c1-16(27)21(24)18-8-5-9-19(18)25-15-20(28)26-12-10-22(23,11-13-26)14-17-6-3-2-4-7-17/h2-4,6-7,24-25H,5,8-15H2,1H3. The highest BCUT2D eigenvalue weighted by Crippen LogP contribution is 2.30. The Kier molecular flexibility index (Phi) is 6.27. The number of amides is 1. The van der Waals surface area contributed by atoms with Crippen molar-refractivity contribution in [1.82, 2.24) is 10.2 Å². The highest BCUT2D eigenvalue weighted by molar-refractivity contribution is 6.44. The van der Waals surface area contributed by atoms with Crippen LogP contribution in [0.5, 0.6) is 0 Å². The first-order valence-corrected chi connectivity index (χ1v) is 9.94. The molecule has 0 unspecified atom stereocenters. The molecule has 150 valence electrons. The number of carbonyl (C=O) groups excluding carboxylic acids is 2. The smallest absolute Gasteiger partial charge is 0.241 e. The van der Waals surface area contributed by atoms with Crippen molar-refractivity contribution in [1.29, 1.82) is 5.41 Å². The van der Waals surface area contributed by atoms with Gasteiger partial charge in [0.25, 0.3) is 0 Å². The Morgan fingerprint density at radius 3 is 2.50 bits per heavy atom. The van der Waals surface area contributed by atoms with E-state index >= 15 is 4.39 Å². The number of nitrogens with one attached hydrogen (secondary N) is 2. The minimum absolute atomic E-state index is 0.0357. The van der Waals surface area contributed by atoms with Crippen LogP contribution >= 0.6 is 0 Å². The Bertz CT molecular complexity index is 780. The van der Waals surface area contributed by atoms with Gasteiger partial charge < -0.3 is 10.2 Å². The van der Waals surface area contributed by atoms with Crippen molar-refractivity contribution in [3.63, 3.8) is 0 Å². The molecule has 5 nitrogen and oxygen atoms in total. The molecule has 0 radical (unpaired) electrons. The van der Waals surface area contributed by atoms with Crippen molar-refractivity contribution in [3.8, 4) is 0 Å². The Labute approximate surface area is 165 Å². The number of alkyl halides is 1. The summed E-state index contributed by atoms with van der Waals surface area (Å²) in [5, 5.41) is 11.0. The molecule has 0 aromatic heterocycles. The molecule has 0 atom stereocenters. The molecule has 1 amide bonds. The molecule has 0 saturated carbocycles. The zero-order valence-corrected chi connectivity index (χ0v) is 16.4. The normalized spacial score (nSPS) is 18.9. The summed E-state index contributed by atoms with van der Waals surface area (Å²) in [7, 11) is 0. The molecular weight excluding hydrogens is 357 g/mol. The number of Topliss-reactive ketones (excluding diaryl/α,β-unsaturated/α-hetero) is 1. The van der Waals surface area contributed by atoms with Crippen LogP contribution < -0.4 is 5.32 Å². The molecule has 1 fully saturated rings. The van der Waals surface area contributed by atoms with Crippen LogP contribution in [-0.4, -0.2) is 47.6 Å². The van der Waals surface area contributed by atoms with Gasteiger partial charge in [0.05, 0.1) is 6.54 Å². The number of benzene rings is 1. The van der Waals surface area contributed by atoms with E-state index in [-0.39, 0.29) is 23.9 Å². The molecule has 6 heteroatoms. The van der Waals surface area contributed by atoms with Crippen molar-refractivity contribution in [2.75, 3.05) is 19.6 Å². The van der Waals surface area contributed by atoms with Crippen LogP contribution in [-0.2, 0) is 16.0 Å². The average Bonchev–Trinajstić information content (AvgIpc) is 3.15. The second-order valence-electron chi connectivity index (χ2n) is 7.79. The van der Waals surface area contributed by atoms with Gasteiger partial charge in [-0.05, 0) is 43.2 Å². The fourth-order valence-electron chi connectivity index (χ4n) is 4.02. The van der Waals surface area contributed by atoms with E-state index in [9.17, 15) is 9.59 Å². The maximum Gasteiger partial charge on any atom is 0.241 e. The second-order valence-corrected chi connectivity index (χ2v) is 7.79. The van der Waals surface area contributed by atoms with E-state index in [0.717, 1.165) is 29.7 Å². The summed E-state index contributed by atoms with van der Waals surface area (Å²) in [5.74, 6) is -0.314. The Morgan fingerprint density at radius 2 is 1.86 bits per heavy atom. The lowest BCUT2D eigenvalue weighted by Gasteiger charge is -2.36. The van der Waals surface area contributed by atoms with Gasteiger partial charge in [-0.15, -0.1) is 0 Å². The van der Waals surface area contributed by atoms with Gasteiger partial charge in [0.15, 0.2) is 5.78 Å². The lowest BCUT2D eigenvalue weighted by atomic mass is 9.87. The van der Waals surface area contributed by atoms with E-state index in [2.05, 4.69) is 5.32 Å². The minimum atomic E-state index is -1.26. The van der Waals surface area contributed by atoms with E-state index in [1.165, 1.54) is 6.92 Å². The summed E-state index contributed by atoms with van der Waals surface area (Å²) in [6, 6.07) is 9.63. The molecule has 0 bridgehead atoms. The summed E-state index contributed by atoms with van der Waals surface area (Å²) in [6.45, 7) is 2.35. The number of likely N-dealkylation sites (tertiary alicyclic amines) is 1. The Morgan fingerprint density at radius 1 is 1.18 bits per heavy atom. The van der Waals surface area contributed by atoms with Gasteiger partial charge in [-0.2, -0.15) is 0 Å². The Balaban J connectivity index is 1.51. The van der Waals surface area contributed by atoms with E-state index < -0.39 is 5.67 Å². The van der Waals surface area contributed by atoms with Crippen molar-refractivity contribution >= 4 is 17.4 Å². The molecule has 1 aliphatic heterocycles. The maximum atomic E-state index is 15.1. The molecule has 3 rings (SSSR count). The summed E-state index contributed by atoms with van der Waals surface area (Å²) < 4.78 is 15.1. The highest BCUT2D eigenvalue weighted by atomic mass is 19.1. The first kappa shape index (κ1) is 20.2. The number of allylic oxidation sites excluding steroid dienone is 2. The molecule has 2 aliphatic rings. The topological polar surface area (TPSA) is 73.3 Å². The summed E-state index contributed by atoms with van der Waals surface area (Å²) >= 11 is 0. The monoisotopic (exact) mass is 385 g/mol. The van der Waals surface area contributed by atoms with Crippen LogP contribution in [0.25, 0.3) is 0 Å². The van der Waals surface area contributed by atoms with Gasteiger partial charge in [-0.25, -0.2) is 4.39 Å². The van der Waals surface area contributed by atoms with Crippen LogP contribution in [0.15, 0.2) is 41.6 Å². The number of halogens is 1. The zero-order valence-electron chi connectivity index (χ0n) is 16.4. The van der Waals surface area contributed by atoms with Gasteiger partial charge in [-0.3, -0.25) is 15.0 Å². The van der Waals surface area contributed by atoms with Gasteiger partial charge in [0.1, 0.15) is 11.4 Å². The van der Waals surface area contributed by atoms with E-state index in [1.807, 2.05) is 30.3 Å². The maximum absolute atomic E-state index is 15.1. The van der Waals surface area contributed by atoms with Crippen LogP contribution in [0, 0.1) is 5.41 Å². The predicted molar refractivity (Wildman–Crippen MR) is 107 cm³/mol. The van der Waals surface area contributed by atoms with Gasteiger partial charge >= 0.3 is 0 Å². The van der Waals surface area contributed by atoms with Crippen LogP contribution in [0.3, 0.4) is 0 Å². The van der Waals surface area contributed by atoms with E-state index in [1.54, 1.807) is 4.90 Å². The largest absolute Gasteiger partial charge is 0.379 e. The number of rotatable bonds is 7. The first-order valence-electron chi connectivity index (χ1n) is 9.94. The van der Waals surface area contributed by atoms with Gasteiger partial charge in [0, 0.05) is 32.1 Å². The number of nitrogens with zero attached hydrogens (tertiary/aromatic N) is 1.